The Morgan fingerprint density at radius 2 is 1.85 bits per heavy atom. The van der Waals surface area contributed by atoms with Gasteiger partial charge in [0.05, 0.1) is 5.54 Å². The van der Waals surface area contributed by atoms with Crippen LogP contribution in [-0.4, -0.2) is 12.1 Å². The third kappa shape index (κ3) is 2.89. The Morgan fingerprint density at radius 3 is 2.25 bits per heavy atom. The van der Waals surface area contributed by atoms with Crippen LogP contribution in [0.3, 0.4) is 0 Å². The van der Waals surface area contributed by atoms with E-state index in [-0.39, 0.29) is 5.54 Å². The summed E-state index contributed by atoms with van der Waals surface area (Å²) in [6.07, 6.45) is 2.36. The SMILES string of the molecule is Cc1cc(NC2(CN)CC(C)(C)CC2C)cc(C)c1Br. The summed E-state index contributed by atoms with van der Waals surface area (Å²) in [5.74, 6) is 0.590. The molecule has 112 valence electrons. The van der Waals surface area contributed by atoms with Crippen LogP contribution in [-0.2, 0) is 0 Å². The number of hydrogen-bond donors (Lipinski definition) is 2. The van der Waals surface area contributed by atoms with Crippen LogP contribution in [0, 0.1) is 25.2 Å². The van der Waals surface area contributed by atoms with Crippen LogP contribution in [0.4, 0.5) is 5.69 Å². The van der Waals surface area contributed by atoms with Crippen LogP contribution in [0.1, 0.15) is 44.7 Å². The molecule has 1 saturated carbocycles. The molecule has 2 atom stereocenters. The molecule has 0 aliphatic heterocycles. The van der Waals surface area contributed by atoms with Crippen LogP contribution in [0.5, 0.6) is 0 Å². The molecular formula is C17H27BrN2. The summed E-state index contributed by atoms with van der Waals surface area (Å²) in [6, 6.07) is 4.43. The number of nitrogens with two attached hydrogens (primary N) is 1. The van der Waals surface area contributed by atoms with E-state index in [2.05, 4.69) is 68.0 Å². The first-order valence-corrected chi connectivity index (χ1v) is 8.23. The van der Waals surface area contributed by atoms with Crippen LogP contribution in [0.25, 0.3) is 0 Å². The van der Waals surface area contributed by atoms with Gasteiger partial charge in [-0.2, -0.15) is 0 Å². The second-order valence-corrected chi connectivity index (χ2v) is 8.15. The van der Waals surface area contributed by atoms with Gasteiger partial charge in [0.15, 0.2) is 0 Å². The van der Waals surface area contributed by atoms with Gasteiger partial charge in [-0.1, -0.05) is 36.7 Å². The standard InChI is InChI=1S/C17H27BrN2/c1-11-6-14(7-12(2)15(11)18)20-17(10-19)9-16(4,5)8-13(17)3/h6-7,13,20H,8-10,19H2,1-5H3. The summed E-state index contributed by atoms with van der Waals surface area (Å²) in [5.41, 5.74) is 10.3. The molecule has 2 unspecified atom stereocenters. The van der Waals surface area contributed by atoms with E-state index in [0.29, 0.717) is 17.9 Å². The molecule has 1 aromatic carbocycles. The lowest BCUT2D eigenvalue weighted by Crippen LogP contribution is -2.48. The number of anilines is 1. The number of hydrogen-bond acceptors (Lipinski definition) is 2. The van der Waals surface area contributed by atoms with Crippen molar-refractivity contribution < 1.29 is 0 Å². The normalized spacial score (nSPS) is 28.6. The van der Waals surface area contributed by atoms with Gasteiger partial charge in [-0.05, 0) is 61.3 Å². The Morgan fingerprint density at radius 1 is 1.30 bits per heavy atom. The van der Waals surface area contributed by atoms with Crippen LogP contribution < -0.4 is 11.1 Å². The minimum Gasteiger partial charge on any atom is -0.378 e. The second kappa shape index (κ2) is 5.34. The molecule has 1 aliphatic rings. The summed E-state index contributed by atoms with van der Waals surface area (Å²) in [5, 5.41) is 3.77. The second-order valence-electron chi connectivity index (χ2n) is 7.36. The summed E-state index contributed by atoms with van der Waals surface area (Å²) in [7, 11) is 0. The smallest absolute Gasteiger partial charge is 0.0526 e. The van der Waals surface area contributed by atoms with Crippen molar-refractivity contribution in [1.29, 1.82) is 0 Å². The molecule has 3 N–H and O–H groups in total. The van der Waals surface area contributed by atoms with Crippen molar-refractivity contribution in [1.82, 2.24) is 0 Å². The van der Waals surface area contributed by atoms with Crippen molar-refractivity contribution in [3.05, 3.63) is 27.7 Å². The van der Waals surface area contributed by atoms with Gasteiger partial charge >= 0.3 is 0 Å². The third-order valence-electron chi connectivity index (χ3n) is 4.79. The lowest BCUT2D eigenvalue weighted by atomic mass is 9.86. The van der Waals surface area contributed by atoms with Crippen molar-refractivity contribution in [3.8, 4) is 0 Å². The summed E-state index contributed by atoms with van der Waals surface area (Å²) < 4.78 is 1.20. The molecule has 0 spiro atoms. The van der Waals surface area contributed by atoms with Gasteiger partial charge < -0.3 is 11.1 Å². The minimum atomic E-state index is 0.0240. The van der Waals surface area contributed by atoms with E-state index in [1.807, 2.05) is 0 Å². The average Bonchev–Trinajstić information content (AvgIpc) is 2.56. The Balaban J connectivity index is 2.32. The summed E-state index contributed by atoms with van der Waals surface area (Å²) in [6.45, 7) is 12.0. The quantitative estimate of drug-likeness (QED) is 0.842. The van der Waals surface area contributed by atoms with E-state index < -0.39 is 0 Å². The number of benzene rings is 1. The fraction of sp³-hybridized carbons (Fsp3) is 0.647. The Labute approximate surface area is 131 Å². The highest BCUT2D eigenvalue weighted by Gasteiger charge is 2.47. The van der Waals surface area contributed by atoms with Crippen molar-refractivity contribution in [2.24, 2.45) is 17.1 Å². The molecule has 1 aliphatic carbocycles. The van der Waals surface area contributed by atoms with Crippen molar-refractivity contribution in [3.63, 3.8) is 0 Å². The maximum atomic E-state index is 6.16. The van der Waals surface area contributed by atoms with E-state index in [1.54, 1.807) is 0 Å². The average molecular weight is 339 g/mol. The number of halogens is 1. The fourth-order valence-corrected chi connectivity index (χ4v) is 4.15. The maximum absolute atomic E-state index is 6.16. The van der Waals surface area contributed by atoms with Gasteiger partial charge in [0.1, 0.15) is 0 Å². The zero-order chi connectivity index (χ0) is 15.1. The van der Waals surface area contributed by atoms with Gasteiger partial charge in [0.25, 0.3) is 0 Å². The molecule has 20 heavy (non-hydrogen) atoms. The molecule has 0 aromatic heterocycles. The molecule has 1 fully saturated rings. The Hall–Kier alpha value is -0.540. The maximum Gasteiger partial charge on any atom is 0.0526 e. The van der Waals surface area contributed by atoms with E-state index in [9.17, 15) is 0 Å². The molecule has 0 radical (unpaired) electrons. The highest BCUT2D eigenvalue weighted by atomic mass is 79.9. The zero-order valence-electron chi connectivity index (χ0n) is 13.3. The molecular weight excluding hydrogens is 312 g/mol. The molecule has 3 heteroatoms. The number of rotatable bonds is 3. The molecule has 0 amide bonds. The van der Waals surface area contributed by atoms with Crippen molar-refractivity contribution in [2.45, 2.75) is 53.0 Å². The third-order valence-corrected chi connectivity index (χ3v) is 6.04. The first kappa shape index (κ1) is 15.8. The molecule has 2 rings (SSSR count). The highest BCUT2D eigenvalue weighted by Crippen LogP contribution is 2.48. The predicted octanol–water partition coefficient (Wildman–Crippen LogP) is 4.63. The van der Waals surface area contributed by atoms with Gasteiger partial charge in [0.2, 0.25) is 0 Å². The van der Waals surface area contributed by atoms with E-state index in [4.69, 9.17) is 5.73 Å². The number of nitrogens with one attached hydrogen (secondary N) is 1. The molecule has 0 bridgehead atoms. The zero-order valence-corrected chi connectivity index (χ0v) is 14.9. The van der Waals surface area contributed by atoms with E-state index in [0.717, 1.165) is 6.42 Å². The predicted molar refractivity (Wildman–Crippen MR) is 91.2 cm³/mol. The molecule has 0 heterocycles. The van der Waals surface area contributed by atoms with Crippen LogP contribution in [0.2, 0.25) is 0 Å². The first-order valence-electron chi connectivity index (χ1n) is 7.44. The molecule has 0 saturated heterocycles. The van der Waals surface area contributed by atoms with Crippen LogP contribution >= 0.6 is 15.9 Å². The molecule has 1 aromatic rings. The van der Waals surface area contributed by atoms with Gasteiger partial charge in [-0.25, -0.2) is 0 Å². The molecule has 2 nitrogen and oxygen atoms in total. The van der Waals surface area contributed by atoms with Crippen molar-refractivity contribution in [2.75, 3.05) is 11.9 Å². The van der Waals surface area contributed by atoms with Gasteiger partial charge in [0, 0.05) is 16.7 Å². The van der Waals surface area contributed by atoms with Gasteiger partial charge in [-0.3, -0.25) is 0 Å². The van der Waals surface area contributed by atoms with E-state index in [1.165, 1.54) is 27.7 Å². The topological polar surface area (TPSA) is 38.0 Å². The Bertz CT molecular complexity index is 487. The fourth-order valence-electron chi connectivity index (χ4n) is 3.92. The highest BCUT2D eigenvalue weighted by molar-refractivity contribution is 9.10. The van der Waals surface area contributed by atoms with Crippen LogP contribution in [0.15, 0.2) is 16.6 Å². The number of aryl methyl sites for hydroxylation is 2. The first-order chi connectivity index (χ1) is 9.19. The lowest BCUT2D eigenvalue weighted by molar-refractivity contribution is 0.350. The van der Waals surface area contributed by atoms with Gasteiger partial charge in [-0.15, -0.1) is 0 Å². The Kier molecular flexibility index (Phi) is 4.23. The largest absolute Gasteiger partial charge is 0.378 e. The minimum absolute atomic E-state index is 0.0240. The van der Waals surface area contributed by atoms with E-state index >= 15 is 0 Å². The lowest BCUT2D eigenvalue weighted by Gasteiger charge is -2.36. The summed E-state index contributed by atoms with van der Waals surface area (Å²) in [4.78, 5) is 0. The summed E-state index contributed by atoms with van der Waals surface area (Å²) >= 11 is 3.63. The monoisotopic (exact) mass is 338 g/mol. The van der Waals surface area contributed by atoms with Crippen molar-refractivity contribution >= 4 is 21.6 Å².